The maximum Gasteiger partial charge on any atom is 0.218 e. The lowest BCUT2D eigenvalue weighted by molar-refractivity contribution is -0.117. The molecular weight excluding hydrogens is 106 g/mol. The fraction of sp³-hybridized carbons (Fsp3) is 0.600. The number of nitrogens with two attached hydrogens (primary N) is 1. The molecular formula is C5H10NO2. The van der Waals surface area contributed by atoms with Gasteiger partial charge in [0.05, 0.1) is 0 Å². The van der Waals surface area contributed by atoms with E-state index in [0.29, 0.717) is 5.92 Å². The zero-order chi connectivity index (χ0) is 6.57. The van der Waals surface area contributed by atoms with Crippen LogP contribution in [0.5, 0.6) is 0 Å². The van der Waals surface area contributed by atoms with Gasteiger partial charge in [0.2, 0.25) is 5.91 Å². The van der Waals surface area contributed by atoms with E-state index in [4.69, 9.17) is 10.8 Å². The van der Waals surface area contributed by atoms with Crippen molar-refractivity contribution in [2.24, 2.45) is 5.73 Å². The molecule has 3 nitrogen and oxygen atoms in total. The summed E-state index contributed by atoms with van der Waals surface area (Å²) in [5.41, 5.74) is 4.80. The van der Waals surface area contributed by atoms with E-state index in [1.165, 1.54) is 0 Å². The van der Waals surface area contributed by atoms with Gasteiger partial charge in [-0.15, -0.1) is 0 Å². The Labute approximate surface area is 48.5 Å². The first-order valence-corrected chi connectivity index (χ1v) is 2.37. The highest BCUT2D eigenvalue weighted by Crippen LogP contribution is 1.99. The quantitative estimate of drug-likeness (QED) is 0.519. The van der Waals surface area contributed by atoms with Crippen LogP contribution in [0, 0.1) is 5.92 Å². The monoisotopic (exact) mass is 116 g/mol. The lowest BCUT2D eigenvalue weighted by Crippen LogP contribution is -2.15. The van der Waals surface area contributed by atoms with Crippen molar-refractivity contribution in [2.75, 3.05) is 6.61 Å². The Hall–Kier alpha value is -0.570. The number of hydrogen-bond acceptors (Lipinski definition) is 2. The maximum absolute atomic E-state index is 10.1. The Morgan fingerprint density at radius 1 is 1.75 bits per heavy atom. The first-order valence-electron chi connectivity index (χ1n) is 2.37. The fourth-order valence-electron chi connectivity index (χ4n) is 0.353. The first kappa shape index (κ1) is 7.43. The molecule has 3 N–H and O–H groups in total. The van der Waals surface area contributed by atoms with E-state index in [1.54, 1.807) is 6.92 Å². The number of primary amides is 1. The van der Waals surface area contributed by atoms with Gasteiger partial charge in [0.15, 0.2) is 0 Å². The molecule has 0 atom stereocenters. The minimum atomic E-state index is -0.392. The molecule has 1 amide bonds. The van der Waals surface area contributed by atoms with Crippen LogP contribution in [0.25, 0.3) is 0 Å². The van der Waals surface area contributed by atoms with Crippen molar-refractivity contribution in [3.05, 3.63) is 5.92 Å². The Morgan fingerprint density at radius 2 is 2.25 bits per heavy atom. The zero-order valence-electron chi connectivity index (χ0n) is 4.85. The average molecular weight is 116 g/mol. The highest BCUT2D eigenvalue weighted by atomic mass is 16.3. The number of aliphatic hydroxyl groups is 1. The smallest absolute Gasteiger partial charge is 0.218 e. The van der Waals surface area contributed by atoms with Crippen molar-refractivity contribution in [3.8, 4) is 0 Å². The molecule has 8 heavy (non-hydrogen) atoms. The summed E-state index contributed by atoms with van der Waals surface area (Å²) < 4.78 is 0. The number of carbonyl (C=O) groups excluding carboxylic acids is 1. The van der Waals surface area contributed by atoms with E-state index in [0.717, 1.165) is 0 Å². The van der Waals surface area contributed by atoms with Crippen LogP contribution in [0.15, 0.2) is 0 Å². The molecule has 0 aliphatic heterocycles. The van der Waals surface area contributed by atoms with Crippen molar-refractivity contribution >= 4 is 5.91 Å². The largest absolute Gasteiger partial charge is 0.396 e. The summed E-state index contributed by atoms with van der Waals surface area (Å²) in [6.07, 6.45) is 0.191. The van der Waals surface area contributed by atoms with Crippen LogP contribution in [-0.2, 0) is 4.79 Å². The molecule has 0 unspecified atom stereocenters. The van der Waals surface area contributed by atoms with E-state index in [9.17, 15) is 4.79 Å². The van der Waals surface area contributed by atoms with Crippen molar-refractivity contribution in [2.45, 2.75) is 13.3 Å². The van der Waals surface area contributed by atoms with Crippen LogP contribution < -0.4 is 5.73 Å². The van der Waals surface area contributed by atoms with Gasteiger partial charge in [0.1, 0.15) is 0 Å². The van der Waals surface area contributed by atoms with Gasteiger partial charge < -0.3 is 10.8 Å². The first-order chi connectivity index (χ1) is 3.66. The predicted molar refractivity (Wildman–Crippen MR) is 29.8 cm³/mol. The molecule has 0 aromatic carbocycles. The van der Waals surface area contributed by atoms with Crippen molar-refractivity contribution in [3.63, 3.8) is 0 Å². The topological polar surface area (TPSA) is 63.3 Å². The SMILES string of the molecule is C[C](CO)CC(N)=O. The lowest BCUT2D eigenvalue weighted by atomic mass is 10.1. The average Bonchev–Trinajstić information content (AvgIpc) is 1.65. The molecule has 0 aromatic heterocycles. The van der Waals surface area contributed by atoms with Crippen LogP contribution in [-0.4, -0.2) is 17.6 Å². The summed E-state index contributed by atoms with van der Waals surface area (Å²) in [7, 11) is 0. The Bertz CT molecular complexity index is 82.5. The highest BCUT2D eigenvalue weighted by molar-refractivity contribution is 5.75. The molecule has 0 saturated carbocycles. The number of aliphatic hydroxyl groups excluding tert-OH is 1. The molecule has 47 valence electrons. The third kappa shape index (κ3) is 3.61. The molecule has 0 fully saturated rings. The van der Waals surface area contributed by atoms with E-state index in [2.05, 4.69) is 0 Å². The Morgan fingerprint density at radius 3 is 2.38 bits per heavy atom. The molecule has 0 aliphatic rings. The maximum atomic E-state index is 10.1. The van der Waals surface area contributed by atoms with E-state index < -0.39 is 5.91 Å². The van der Waals surface area contributed by atoms with Gasteiger partial charge in [0.25, 0.3) is 0 Å². The van der Waals surface area contributed by atoms with E-state index >= 15 is 0 Å². The molecule has 0 saturated heterocycles. The highest BCUT2D eigenvalue weighted by Gasteiger charge is 2.02. The Balaban J connectivity index is 3.24. The summed E-state index contributed by atoms with van der Waals surface area (Å²) in [5, 5.41) is 8.34. The van der Waals surface area contributed by atoms with Crippen LogP contribution >= 0.6 is 0 Å². The van der Waals surface area contributed by atoms with Crippen LogP contribution in [0.4, 0.5) is 0 Å². The van der Waals surface area contributed by atoms with E-state index in [-0.39, 0.29) is 13.0 Å². The fourth-order valence-corrected chi connectivity index (χ4v) is 0.353. The third-order valence-corrected chi connectivity index (χ3v) is 0.746. The summed E-state index contributed by atoms with van der Waals surface area (Å²) in [6.45, 7) is 1.63. The van der Waals surface area contributed by atoms with Gasteiger partial charge in [0, 0.05) is 18.9 Å². The lowest BCUT2D eigenvalue weighted by Gasteiger charge is -2.00. The minimum Gasteiger partial charge on any atom is -0.396 e. The second-order valence-corrected chi connectivity index (χ2v) is 1.76. The van der Waals surface area contributed by atoms with Crippen LogP contribution in [0.2, 0.25) is 0 Å². The molecule has 0 bridgehead atoms. The summed E-state index contributed by atoms with van der Waals surface area (Å²) in [6, 6.07) is 0. The molecule has 0 rings (SSSR count). The van der Waals surface area contributed by atoms with Gasteiger partial charge >= 0.3 is 0 Å². The zero-order valence-corrected chi connectivity index (χ0v) is 4.85. The molecule has 0 spiro atoms. The minimum absolute atomic E-state index is 0.0526. The standard InChI is InChI=1S/C5H10NO2/c1-4(3-7)2-5(6)8/h7H,2-3H2,1H3,(H2,6,8). The summed E-state index contributed by atoms with van der Waals surface area (Å²) in [5.74, 6) is 0.314. The second-order valence-electron chi connectivity index (χ2n) is 1.76. The molecule has 0 aliphatic carbocycles. The van der Waals surface area contributed by atoms with Gasteiger partial charge in [-0.05, 0) is 0 Å². The van der Waals surface area contributed by atoms with Crippen molar-refractivity contribution < 1.29 is 9.90 Å². The number of hydrogen-bond donors (Lipinski definition) is 2. The molecule has 3 heteroatoms. The number of rotatable bonds is 3. The number of carbonyl (C=O) groups is 1. The Kier molecular flexibility index (Phi) is 3.19. The second kappa shape index (κ2) is 3.43. The van der Waals surface area contributed by atoms with Crippen LogP contribution in [0.3, 0.4) is 0 Å². The summed E-state index contributed by atoms with van der Waals surface area (Å²) >= 11 is 0. The molecule has 0 aromatic rings. The van der Waals surface area contributed by atoms with E-state index in [1.807, 2.05) is 0 Å². The third-order valence-electron chi connectivity index (χ3n) is 0.746. The van der Waals surface area contributed by atoms with Crippen molar-refractivity contribution in [1.82, 2.24) is 0 Å². The van der Waals surface area contributed by atoms with Gasteiger partial charge in [-0.3, -0.25) is 4.79 Å². The van der Waals surface area contributed by atoms with Gasteiger partial charge in [-0.25, -0.2) is 0 Å². The van der Waals surface area contributed by atoms with Gasteiger partial charge in [-0.2, -0.15) is 0 Å². The van der Waals surface area contributed by atoms with Gasteiger partial charge in [-0.1, -0.05) is 6.92 Å². The predicted octanol–water partition coefficient (Wildman–Crippen LogP) is -0.552. The number of amides is 1. The molecule has 1 radical (unpaired) electrons. The molecule has 0 heterocycles. The van der Waals surface area contributed by atoms with Crippen molar-refractivity contribution in [1.29, 1.82) is 0 Å². The van der Waals surface area contributed by atoms with Crippen LogP contribution in [0.1, 0.15) is 13.3 Å². The normalized spacial score (nSPS) is 9.88. The summed E-state index contributed by atoms with van der Waals surface area (Å²) in [4.78, 5) is 10.1.